The van der Waals surface area contributed by atoms with Crippen LogP contribution in [-0.2, 0) is 4.79 Å². The molecule has 1 rings (SSSR count). The van der Waals surface area contributed by atoms with Crippen LogP contribution in [0, 0.1) is 0 Å². The molecule has 1 aromatic rings. The molecule has 1 amide bonds. The lowest BCUT2D eigenvalue weighted by Crippen LogP contribution is -2.31. The van der Waals surface area contributed by atoms with E-state index in [1.165, 1.54) is 11.9 Å². The van der Waals surface area contributed by atoms with Gasteiger partial charge in [-0.25, -0.2) is 4.79 Å². The van der Waals surface area contributed by atoms with Crippen LogP contribution in [0.5, 0.6) is 11.5 Å². The van der Waals surface area contributed by atoms with Gasteiger partial charge in [0.15, 0.2) is 0 Å². The fraction of sp³-hybridized carbons (Fsp3) is 0.333. The molecule has 0 spiro atoms. The monoisotopic (exact) mass is 253 g/mol. The zero-order valence-corrected chi connectivity index (χ0v) is 10.3. The summed E-state index contributed by atoms with van der Waals surface area (Å²) in [6.45, 7) is 0.102. The molecule has 0 aliphatic rings. The molecule has 0 saturated heterocycles. The molecule has 0 unspecified atom stereocenters. The Morgan fingerprint density at radius 2 is 1.78 bits per heavy atom. The van der Waals surface area contributed by atoms with Crippen LogP contribution in [-0.4, -0.2) is 42.8 Å². The molecule has 0 fully saturated rings. The standard InChI is InChI=1S/C12H15NO5/c1-13(8-7-11(14)15)12(16)18-10-5-3-9(17-2)4-6-10/h3-6H,7-8H2,1-2H3,(H,14,15). The Labute approximate surface area is 105 Å². The third-order valence-electron chi connectivity index (χ3n) is 2.24. The van der Waals surface area contributed by atoms with Gasteiger partial charge in [-0.05, 0) is 24.3 Å². The number of carbonyl (C=O) groups excluding carboxylic acids is 1. The maximum Gasteiger partial charge on any atom is 0.414 e. The van der Waals surface area contributed by atoms with Crippen LogP contribution >= 0.6 is 0 Å². The number of benzene rings is 1. The number of aliphatic carboxylic acids is 1. The third-order valence-corrected chi connectivity index (χ3v) is 2.24. The lowest BCUT2D eigenvalue weighted by Gasteiger charge is -2.15. The second-order valence-electron chi connectivity index (χ2n) is 3.61. The lowest BCUT2D eigenvalue weighted by atomic mass is 10.3. The van der Waals surface area contributed by atoms with E-state index in [-0.39, 0.29) is 13.0 Å². The van der Waals surface area contributed by atoms with E-state index >= 15 is 0 Å². The van der Waals surface area contributed by atoms with Gasteiger partial charge in [0.2, 0.25) is 0 Å². The highest BCUT2D eigenvalue weighted by molar-refractivity contribution is 5.72. The maximum absolute atomic E-state index is 11.6. The predicted octanol–water partition coefficient (Wildman–Crippen LogP) is 1.60. The van der Waals surface area contributed by atoms with E-state index in [0.717, 1.165) is 0 Å². The van der Waals surface area contributed by atoms with E-state index in [1.54, 1.807) is 31.4 Å². The zero-order valence-electron chi connectivity index (χ0n) is 10.3. The number of methoxy groups -OCH3 is 1. The van der Waals surface area contributed by atoms with Crippen LogP contribution in [0.3, 0.4) is 0 Å². The Morgan fingerprint density at radius 1 is 1.22 bits per heavy atom. The molecule has 1 aromatic carbocycles. The summed E-state index contributed by atoms with van der Waals surface area (Å²) < 4.78 is 10.0. The van der Waals surface area contributed by atoms with Crippen LogP contribution in [0.15, 0.2) is 24.3 Å². The molecule has 98 valence electrons. The lowest BCUT2D eigenvalue weighted by molar-refractivity contribution is -0.137. The zero-order chi connectivity index (χ0) is 13.5. The minimum absolute atomic E-state index is 0.102. The summed E-state index contributed by atoms with van der Waals surface area (Å²) in [5.41, 5.74) is 0. The first-order chi connectivity index (χ1) is 8.52. The maximum atomic E-state index is 11.6. The second-order valence-corrected chi connectivity index (χ2v) is 3.61. The van der Waals surface area contributed by atoms with Crippen molar-refractivity contribution < 1.29 is 24.2 Å². The highest BCUT2D eigenvalue weighted by atomic mass is 16.6. The quantitative estimate of drug-likeness (QED) is 0.862. The van der Waals surface area contributed by atoms with Gasteiger partial charge in [0.05, 0.1) is 13.5 Å². The number of carbonyl (C=O) groups is 2. The van der Waals surface area contributed by atoms with Crippen molar-refractivity contribution >= 4 is 12.1 Å². The average molecular weight is 253 g/mol. The van der Waals surface area contributed by atoms with E-state index in [9.17, 15) is 9.59 Å². The smallest absolute Gasteiger partial charge is 0.414 e. The number of nitrogens with zero attached hydrogens (tertiary/aromatic N) is 1. The van der Waals surface area contributed by atoms with Crippen molar-refractivity contribution in [2.75, 3.05) is 20.7 Å². The largest absolute Gasteiger partial charge is 0.497 e. The summed E-state index contributed by atoms with van der Waals surface area (Å²) >= 11 is 0. The number of carboxylic acid groups (broad SMARTS) is 1. The highest BCUT2D eigenvalue weighted by Crippen LogP contribution is 2.17. The van der Waals surface area contributed by atoms with E-state index in [1.807, 2.05) is 0 Å². The summed E-state index contributed by atoms with van der Waals surface area (Å²) in [5, 5.41) is 8.50. The first-order valence-corrected chi connectivity index (χ1v) is 5.31. The fourth-order valence-corrected chi connectivity index (χ4v) is 1.18. The Hall–Kier alpha value is -2.24. The molecule has 0 aliphatic carbocycles. The summed E-state index contributed by atoms with van der Waals surface area (Å²) in [4.78, 5) is 23.1. The normalized spacial score (nSPS) is 9.67. The predicted molar refractivity (Wildman–Crippen MR) is 63.9 cm³/mol. The number of rotatable bonds is 5. The van der Waals surface area contributed by atoms with Gasteiger partial charge in [0.25, 0.3) is 0 Å². The van der Waals surface area contributed by atoms with Gasteiger partial charge in [-0.15, -0.1) is 0 Å². The van der Waals surface area contributed by atoms with Gasteiger partial charge in [-0.2, -0.15) is 0 Å². The molecule has 0 saturated carbocycles. The molecule has 0 bridgehead atoms. The van der Waals surface area contributed by atoms with Gasteiger partial charge in [0.1, 0.15) is 11.5 Å². The topological polar surface area (TPSA) is 76.1 Å². The number of ether oxygens (including phenoxy) is 2. The number of amides is 1. The summed E-state index contributed by atoms with van der Waals surface area (Å²) in [6, 6.07) is 6.53. The molecule has 0 aliphatic heterocycles. The molecule has 6 heteroatoms. The van der Waals surface area contributed by atoms with Crippen molar-refractivity contribution in [1.82, 2.24) is 4.90 Å². The number of hydrogen-bond donors (Lipinski definition) is 1. The third kappa shape index (κ3) is 4.32. The van der Waals surface area contributed by atoms with Gasteiger partial charge >= 0.3 is 12.1 Å². The van der Waals surface area contributed by atoms with Crippen LogP contribution in [0.25, 0.3) is 0 Å². The van der Waals surface area contributed by atoms with E-state index in [2.05, 4.69) is 0 Å². The molecule has 0 radical (unpaired) electrons. The van der Waals surface area contributed by atoms with E-state index < -0.39 is 12.1 Å². The Balaban J connectivity index is 2.49. The minimum Gasteiger partial charge on any atom is -0.497 e. The molecule has 6 nitrogen and oxygen atoms in total. The Morgan fingerprint density at radius 3 is 2.28 bits per heavy atom. The van der Waals surface area contributed by atoms with Crippen molar-refractivity contribution in [1.29, 1.82) is 0 Å². The minimum atomic E-state index is -0.959. The van der Waals surface area contributed by atoms with Gasteiger partial charge < -0.3 is 19.5 Å². The van der Waals surface area contributed by atoms with Crippen molar-refractivity contribution in [2.45, 2.75) is 6.42 Å². The van der Waals surface area contributed by atoms with Crippen molar-refractivity contribution in [2.24, 2.45) is 0 Å². The van der Waals surface area contributed by atoms with Crippen LogP contribution in [0.4, 0.5) is 4.79 Å². The summed E-state index contributed by atoms with van der Waals surface area (Å²) in [7, 11) is 3.02. The Kier molecular flexibility index (Phi) is 4.98. The average Bonchev–Trinajstić information content (AvgIpc) is 2.36. The molecular weight excluding hydrogens is 238 g/mol. The van der Waals surface area contributed by atoms with Crippen LogP contribution < -0.4 is 9.47 Å². The molecule has 1 N–H and O–H groups in total. The fourth-order valence-electron chi connectivity index (χ4n) is 1.18. The van der Waals surface area contributed by atoms with Crippen LogP contribution in [0.2, 0.25) is 0 Å². The molecule has 18 heavy (non-hydrogen) atoms. The molecule has 0 atom stereocenters. The summed E-state index contributed by atoms with van der Waals surface area (Å²) in [5.74, 6) is 0.0797. The summed E-state index contributed by atoms with van der Waals surface area (Å²) in [6.07, 6.45) is -0.713. The number of hydrogen-bond acceptors (Lipinski definition) is 4. The Bertz CT molecular complexity index is 415. The van der Waals surface area contributed by atoms with Crippen LogP contribution in [0.1, 0.15) is 6.42 Å². The molecule has 0 aromatic heterocycles. The van der Waals surface area contributed by atoms with Gasteiger partial charge in [0, 0.05) is 13.6 Å². The van der Waals surface area contributed by atoms with Crippen molar-refractivity contribution in [3.05, 3.63) is 24.3 Å². The van der Waals surface area contributed by atoms with Crippen molar-refractivity contribution in [3.8, 4) is 11.5 Å². The van der Waals surface area contributed by atoms with Gasteiger partial charge in [-0.3, -0.25) is 4.79 Å². The second kappa shape index (κ2) is 6.48. The van der Waals surface area contributed by atoms with E-state index in [0.29, 0.717) is 11.5 Å². The SMILES string of the molecule is COc1ccc(OC(=O)N(C)CCC(=O)O)cc1. The van der Waals surface area contributed by atoms with E-state index in [4.69, 9.17) is 14.6 Å². The van der Waals surface area contributed by atoms with Crippen molar-refractivity contribution in [3.63, 3.8) is 0 Å². The number of carboxylic acids is 1. The first kappa shape index (κ1) is 13.8. The molecular formula is C12H15NO5. The highest BCUT2D eigenvalue weighted by Gasteiger charge is 2.12. The first-order valence-electron chi connectivity index (χ1n) is 5.31. The van der Waals surface area contributed by atoms with Gasteiger partial charge in [-0.1, -0.05) is 0 Å². The molecule has 0 heterocycles.